The number of nitrogens with zero attached hydrogens (tertiary/aromatic N) is 4. The fourth-order valence-electron chi connectivity index (χ4n) is 4.03. The molecule has 32 heavy (non-hydrogen) atoms. The Morgan fingerprint density at radius 2 is 2.09 bits per heavy atom. The summed E-state index contributed by atoms with van der Waals surface area (Å²) in [6.45, 7) is 10.0. The molecule has 1 aliphatic heterocycles. The maximum atomic E-state index is 5.62. The summed E-state index contributed by atoms with van der Waals surface area (Å²) in [6.07, 6.45) is 5.37. The number of para-hydroxylation sites is 1. The van der Waals surface area contributed by atoms with Gasteiger partial charge in [-0.3, -0.25) is 0 Å². The number of aryl methyl sites for hydroxylation is 1. The van der Waals surface area contributed by atoms with Gasteiger partial charge >= 0.3 is 0 Å². The van der Waals surface area contributed by atoms with Crippen LogP contribution in [-0.4, -0.2) is 54.4 Å². The minimum Gasteiger partial charge on any atom is -0.375 e. The normalized spacial score (nSPS) is 17.0. The fourth-order valence-corrected chi connectivity index (χ4v) is 4.03. The lowest BCUT2D eigenvalue weighted by Gasteiger charge is -2.32. The number of benzene rings is 1. The van der Waals surface area contributed by atoms with Crippen LogP contribution in [-0.2, 0) is 17.8 Å². The van der Waals surface area contributed by atoms with Gasteiger partial charge < -0.3 is 24.8 Å². The van der Waals surface area contributed by atoms with Gasteiger partial charge in [-0.05, 0) is 49.4 Å². The molecule has 7 heteroatoms. The molecule has 0 amide bonds. The van der Waals surface area contributed by atoms with Crippen LogP contribution in [0.15, 0.2) is 59.9 Å². The second kappa shape index (κ2) is 11.0. The van der Waals surface area contributed by atoms with Crippen molar-refractivity contribution in [3.63, 3.8) is 0 Å². The number of nitrogens with one attached hydrogen (secondary N) is 2. The topological polar surface area (TPSA) is 66.7 Å². The highest BCUT2D eigenvalue weighted by Gasteiger charge is 2.17. The van der Waals surface area contributed by atoms with Gasteiger partial charge in [0.25, 0.3) is 0 Å². The molecule has 7 nitrogen and oxygen atoms in total. The standard InChI is InChI=1S/C25H34N6O/c1-3-26-25(27-12-6-13-30-14-11-22-7-4-5-8-23(22)30)29-18-21-9-10-24(28-17-21)31-15-16-32-20(2)19-31/h4-5,7-11,14,17,20H,3,6,12-13,15-16,18-19H2,1-2H3,(H2,26,27,29). The molecule has 2 aromatic heterocycles. The Bertz CT molecular complexity index is 1010. The number of aliphatic imine (C=N–C) groups is 1. The summed E-state index contributed by atoms with van der Waals surface area (Å²) in [7, 11) is 0. The van der Waals surface area contributed by atoms with Gasteiger partial charge in [-0.15, -0.1) is 0 Å². The zero-order chi connectivity index (χ0) is 22.2. The lowest BCUT2D eigenvalue weighted by atomic mass is 10.2. The number of rotatable bonds is 8. The van der Waals surface area contributed by atoms with Crippen LogP contribution in [0.2, 0.25) is 0 Å². The van der Waals surface area contributed by atoms with E-state index < -0.39 is 0 Å². The zero-order valence-electron chi connectivity index (χ0n) is 19.1. The van der Waals surface area contributed by atoms with Crippen molar-refractivity contribution in [3.8, 4) is 0 Å². The Balaban J connectivity index is 1.27. The van der Waals surface area contributed by atoms with Crippen LogP contribution in [0.25, 0.3) is 10.9 Å². The molecule has 1 aromatic carbocycles. The molecular formula is C25H34N6O. The molecule has 3 aromatic rings. The van der Waals surface area contributed by atoms with E-state index in [1.807, 2.05) is 6.20 Å². The van der Waals surface area contributed by atoms with E-state index in [-0.39, 0.29) is 6.10 Å². The molecule has 0 saturated carbocycles. The van der Waals surface area contributed by atoms with E-state index in [0.29, 0.717) is 6.54 Å². The molecule has 2 N–H and O–H groups in total. The van der Waals surface area contributed by atoms with Crippen LogP contribution in [0.3, 0.4) is 0 Å². The average Bonchev–Trinajstić information content (AvgIpc) is 3.23. The number of pyridine rings is 1. The number of fused-ring (bicyclic) bond motifs is 1. The average molecular weight is 435 g/mol. The highest BCUT2D eigenvalue weighted by Crippen LogP contribution is 2.16. The largest absolute Gasteiger partial charge is 0.375 e. The van der Waals surface area contributed by atoms with Crippen LogP contribution in [0, 0.1) is 0 Å². The van der Waals surface area contributed by atoms with Gasteiger partial charge in [0.1, 0.15) is 5.82 Å². The second-order valence-corrected chi connectivity index (χ2v) is 8.20. The first-order valence-electron chi connectivity index (χ1n) is 11.6. The molecular weight excluding hydrogens is 400 g/mol. The molecule has 0 bridgehead atoms. The van der Waals surface area contributed by atoms with Crippen molar-refractivity contribution in [2.45, 2.75) is 39.5 Å². The monoisotopic (exact) mass is 434 g/mol. The van der Waals surface area contributed by atoms with Gasteiger partial charge in [0, 0.05) is 50.6 Å². The van der Waals surface area contributed by atoms with Gasteiger partial charge in [-0.25, -0.2) is 9.98 Å². The Hall–Kier alpha value is -3.06. The SMILES string of the molecule is CCNC(=NCc1ccc(N2CCOC(C)C2)nc1)NCCCn1ccc2ccccc21. The molecule has 0 radical (unpaired) electrons. The number of ether oxygens (including phenoxy) is 1. The van der Waals surface area contributed by atoms with Crippen LogP contribution >= 0.6 is 0 Å². The number of hydrogen-bond acceptors (Lipinski definition) is 4. The molecule has 1 fully saturated rings. The van der Waals surface area contributed by atoms with E-state index in [9.17, 15) is 0 Å². The highest BCUT2D eigenvalue weighted by molar-refractivity contribution is 5.80. The minimum absolute atomic E-state index is 0.250. The molecule has 1 aliphatic rings. The summed E-state index contributed by atoms with van der Waals surface area (Å²) in [5, 5.41) is 8.08. The third-order valence-corrected chi connectivity index (χ3v) is 5.69. The number of morpholine rings is 1. The van der Waals surface area contributed by atoms with Gasteiger partial charge in [-0.1, -0.05) is 24.3 Å². The molecule has 1 unspecified atom stereocenters. The highest BCUT2D eigenvalue weighted by atomic mass is 16.5. The third kappa shape index (κ3) is 5.79. The van der Waals surface area contributed by atoms with E-state index in [0.717, 1.165) is 63.1 Å². The van der Waals surface area contributed by atoms with Crippen molar-refractivity contribution in [2.24, 2.45) is 4.99 Å². The van der Waals surface area contributed by atoms with Crippen molar-refractivity contribution in [2.75, 3.05) is 37.7 Å². The second-order valence-electron chi connectivity index (χ2n) is 8.20. The first kappa shape index (κ1) is 22.1. The number of aromatic nitrogens is 2. The summed E-state index contributed by atoms with van der Waals surface area (Å²) in [5.74, 6) is 1.85. The van der Waals surface area contributed by atoms with Crippen molar-refractivity contribution in [1.29, 1.82) is 0 Å². The maximum Gasteiger partial charge on any atom is 0.191 e. The summed E-state index contributed by atoms with van der Waals surface area (Å²) in [6, 6.07) is 14.9. The van der Waals surface area contributed by atoms with E-state index >= 15 is 0 Å². The van der Waals surface area contributed by atoms with Crippen molar-refractivity contribution < 1.29 is 4.74 Å². The minimum atomic E-state index is 0.250. The number of anilines is 1. The van der Waals surface area contributed by atoms with E-state index in [1.165, 1.54) is 10.9 Å². The van der Waals surface area contributed by atoms with E-state index in [1.54, 1.807) is 0 Å². The molecule has 1 atom stereocenters. The molecule has 0 aliphatic carbocycles. The Labute approximate surface area is 190 Å². The lowest BCUT2D eigenvalue weighted by molar-refractivity contribution is 0.0529. The van der Waals surface area contributed by atoms with E-state index in [4.69, 9.17) is 9.73 Å². The summed E-state index contributed by atoms with van der Waals surface area (Å²) < 4.78 is 7.93. The van der Waals surface area contributed by atoms with Gasteiger partial charge in [0.05, 0.1) is 19.3 Å². The number of hydrogen-bond donors (Lipinski definition) is 2. The van der Waals surface area contributed by atoms with Crippen molar-refractivity contribution >= 4 is 22.7 Å². The van der Waals surface area contributed by atoms with Crippen LogP contribution in [0.5, 0.6) is 0 Å². The van der Waals surface area contributed by atoms with Crippen LogP contribution in [0.4, 0.5) is 5.82 Å². The Kier molecular flexibility index (Phi) is 7.61. The predicted molar refractivity (Wildman–Crippen MR) is 131 cm³/mol. The van der Waals surface area contributed by atoms with Crippen molar-refractivity contribution in [1.82, 2.24) is 20.2 Å². The molecule has 1 saturated heterocycles. The van der Waals surface area contributed by atoms with Gasteiger partial charge in [0.15, 0.2) is 5.96 Å². The molecule has 3 heterocycles. The Morgan fingerprint density at radius 1 is 1.19 bits per heavy atom. The number of guanidine groups is 1. The molecule has 170 valence electrons. The predicted octanol–water partition coefficient (Wildman–Crippen LogP) is 3.41. The fraction of sp³-hybridized carbons (Fsp3) is 0.440. The lowest BCUT2D eigenvalue weighted by Crippen LogP contribution is -2.41. The van der Waals surface area contributed by atoms with Gasteiger partial charge in [0.2, 0.25) is 0 Å². The zero-order valence-corrected chi connectivity index (χ0v) is 19.1. The summed E-state index contributed by atoms with van der Waals surface area (Å²) in [4.78, 5) is 11.7. The van der Waals surface area contributed by atoms with Crippen LogP contribution in [0.1, 0.15) is 25.8 Å². The van der Waals surface area contributed by atoms with Crippen LogP contribution < -0.4 is 15.5 Å². The van der Waals surface area contributed by atoms with E-state index in [2.05, 4.69) is 87.6 Å². The summed E-state index contributed by atoms with van der Waals surface area (Å²) in [5.41, 5.74) is 2.39. The van der Waals surface area contributed by atoms with Gasteiger partial charge in [-0.2, -0.15) is 0 Å². The first-order valence-corrected chi connectivity index (χ1v) is 11.6. The molecule has 0 spiro atoms. The Morgan fingerprint density at radius 3 is 2.91 bits per heavy atom. The third-order valence-electron chi connectivity index (χ3n) is 5.69. The smallest absolute Gasteiger partial charge is 0.191 e. The first-order chi connectivity index (χ1) is 15.7. The maximum absolute atomic E-state index is 5.62. The van der Waals surface area contributed by atoms with Crippen molar-refractivity contribution in [3.05, 3.63) is 60.4 Å². The molecule has 4 rings (SSSR count). The summed E-state index contributed by atoms with van der Waals surface area (Å²) >= 11 is 0. The quantitative estimate of drug-likeness (QED) is 0.323.